The number of halogens is 5. The van der Waals surface area contributed by atoms with Crippen molar-refractivity contribution in [3.8, 4) is 0 Å². The third kappa shape index (κ3) is 4.51. The zero-order chi connectivity index (χ0) is 26.7. The minimum Gasteiger partial charge on any atom is -0.478 e. The number of hydrogen-bond donors (Lipinski definition) is 2. The second-order valence-electron chi connectivity index (χ2n) is 9.22. The van der Waals surface area contributed by atoms with E-state index in [9.17, 15) is 31.9 Å². The molecule has 0 amide bonds. The summed E-state index contributed by atoms with van der Waals surface area (Å²) in [6.07, 6.45) is -4.41. The number of imidazole rings is 1. The van der Waals surface area contributed by atoms with Crippen molar-refractivity contribution in [3.63, 3.8) is 0 Å². The van der Waals surface area contributed by atoms with Crippen molar-refractivity contribution in [2.75, 3.05) is 23.3 Å². The van der Waals surface area contributed by atoms with Crippen LogP contribution in [0.15, 0.2) is 42.6 Å². The summed E-state index contributed by atoms with van der Waals surface area (Å²) in [5, 5.41) is 13.0. The zero-order valence-electron chi connectivity index (χ0n) is 19.8. The van der Waals surface area contributed by atoms with E-state index >= 15 is 0 Å². The number of para-hydroxylation sites is 1. The molecule has 2 aromatic carbocycles. The molecule has 194 valence electrons. The smallest absolute Gasteiger partial charge is 0.434 e. The predicted octanol–water partition coefficient (Wildman–Crippen LogP) is 5.93. The number of aromatic carboxylic acids is 1. The van der Waals surface area contributed by atoms with Crippen LogP contribution in [0.5, 0.6) is 0 Å². The molecule has 0 saturated carbocycles. The van der Waals surface area contributed by atoms with E-state index < -0.39 is 42.8 Å². The topological polar surface area (TPSA) is 82.8 Å². The van der Waals surface area contributed by atoms with Crippen molar-refractivity contribution < 1.29 is 31.9 Å². The number of carboxylic acids is 1. The summed E-state index contributed by atoms with van der Waals surface area (Å²) in [6.45, 7) is 2.76. The molecule has 1 fully saturated rings. The molecular formula is C25H22F5N5O2. The number of nitrogens with one attached hydrogen (secondary N) is 1. The van der Waals surface area contributed by atoms with Gasteiger partial charge in [-0.15, -0.1) is 0 Å². The lowest BCUT2D eigenvalue weighted by atomic mass is 10.0. The normalized spacial score (nSPS) is 16.5. The van der Waals surface area contributed by atoms with Crippen LogP contribution < -0.4 is 10.2 Å². The SMILES string of the molecule is Cc1cc(C(C)Nc2ccccc2C(=O)O)c2nc(N3CCC(F)(F)C3)n3cc(C(F)(F)F)nc3c2c1. The molecule has 5 rings (SSSR count). The van der Waals surface area contributed by atoms with Crippen LogP contribution >= 0.6 is 0 Å². The zero-order valence-corrected chi connectivity index (χ0v) is 19.8. The van der Waals surface area contributed by atoms with Crippen LogP contribution in [0.1, 0.15) is 46.6 Å². The van der Waals surface area contributed by atoms with E-state index in [4.69, 9.17) is 0 Å². The molecule has 0 aliphatic carbocycles. The number of hydrogen-bond acceptors (Lipinski definition) is 5. The predicted molar refractivity (Wildman–Crippen MR) is 127 cm³/mol. The number of alkyl halides is 5. The summed E-state index contributed by atoms with van der Waals surface area (Å²) in [6, 6.07) is 9.20. The Bertz CT molecular complexity index is 1530. The van der Waals surface area contributed by atoms with E-state index in [1.807, 2.05) is 0 Å². The quantitative estimate of drug-likeness (QED) is 0.318. The van der Waals surface area contributed by atoms with E-state index in [1.165, 1.54) is 11.0 Å². The fourth-order valence-electron chi connectivity index (χ4n) is 4.68. The van der Waals surface area contributed by atoms with Crippen LogP contribution in [0, 0.1) is 6.92 Å². The van der Waals surface area contributed by atoms with Gasteiger partial charge < -0.3 is 15.3 Å². The summed E-state index contributed by atoms with van der Waals surface area (Å²) in [7, 11) is 0. The number of fused-ring (bicyclic) bond motifs is 3. The first-order valence-corrected chi connectivity index (χ1v) is 11.5. The number of carboxylic acid groups (broad SMARTS) is 1. The van der Waals surface area contributed by atoms with Gasteiger partial charge in [0.2, 0.25) is 5.95 Å². The van der Waals surface area contributed by atoms with Crippen molar-refractivity contribution in [3.05, 3.63) is 65.0 Å². The maximum atomic E-state index is 14.1. The molecule has 4 aromatic rings. The lowest BCUT2D eigenvalue weighted by molar-refractivity contribution is -0.140. The maximum Gasteiger partial charge on any atom is 0.434 e. The Labute approximate surface area is 207 Å². The highest BCUT2D eigenvalue weighted by Gasteiger charge is 2.41. The van der Waals surface area contributed by atoms with E-state index in [1.54, 1.807) is 44.2 Å². The van der Waals surface area contributed by atoms with E-state index in [-0.39, 0.29) is 29.2 Å². The average Bonchev–Trinajstić information content (AvgIpc) is 3.42. The molecule has 37 heavy (non-hydrogen) atoms. The summed E-state index contributed by atoms with van der Waals surface area (Å²) in [5.41, 5.74) is 0.743. The average molecular weight is 519 g/mol. The van der Waals surface area contributed by atoms with Crippen molar-refractivity contribution in [2.24, 2.45) is 0 Å². The minimum atomic E-state index is -4.74. The second kappa shape index (κ2) is 8.56. The molecule has 0 radical (unpaired) electrons. The highest BCUT2D eigenvalue weighted by atomic mass is 19.4. The van der Waals surface area contributed by atoms with Gasteiger partial charge in [0.15, 0.2) is 5.69 Å². The fraction of sp³-hybridized carbons (Fsp3) is 0.320. The van der Waals surface area contributed by atoms with Crippen LogP contribution in [0.25, 0.3) is 16.6 Å². The van der Waals surface area contributed by atoms with Crippen LogP contribution in [0.3, 0.4) is 0 Å². The second-order valence-corrected chi connectivity index (χ2v) is 9.22. The Morgan fingerprint density at radius 1 is 1.19 bits per heavy atom. The van der Waals surface area contributed by atoms with E-state index in [2.05, 4.69) is 15.3 Å². The fourth-order valence-corrected chi connectivity index (χ4v) is 4.68. The minimum absolute atomic E-state index is 0.0460. The number of rotatable bonds is 5. The molecular weight excluding hydrogens is 497 g/mol. The standard InChI is InChI=1S/C25H22F5N5O2/c1-13-9-16(14(2)31-18-6-4-3-5-15(18)22(36)37)20-17(10-13)21-32-19(25(28,29)30)11-35(21)23(33-20)34-8-7-24(26,27)12-34/h3-6,9-11,14,31H,7-8,12H2,1-2H3,(H,36,37). The van der Waals surface area contributed by atoms with Crippen molar-refractivity contribution in [1.82, 2.24) is 14.4 Å². The highest BCUT2D eigenvalue weighted by molar-refractivity contribution is 5.96. The molecule has 1 aliphatic rings. The summed E-state index contributed by atoms with van der Waals surface area (Å²) < 4.78 is 70.1. The third-order valence-corrected chi connectivity index (χ3v) is 6.40. The van der Waals surface area contributed by atoms with Crippen molar-refractivity contribution in [2.45, 2.75) is 38.4 Å². The Kier molecular flexibility index (Phi) is 5.72. The first-order valence-electron chi connectivity index (χ1n) is 11.5. The summed E-state index contributed by atoms with van der Waals surface area (Å²) in [4.78, 5) is 21.3. The Morgan fingerprint density at radius 2 is 1.92 bits per heavy atom. The number of nitrogens with zero attached hydrogens (tertiary/aromatic N) is 4. The largest absolute Gasteiger partial charge is 0.478 e. The van der Waals surface area contributed by atoms with Gasteiger partial charge in [0.1, 0.15) is 5.65 Å². The number of benzene rings is 2. The first kappa shape index (κ1) is 24.7. The molecule has 3 heterocycles. The van der Waals surface area contributed by atoms with Crippen LogP contribution in [0.2, 0.25) is 0 Å². The molecule has 1 atom stereocenters. The maximum absolute atomic E-state index is 14.1. The Morgan fingerprint density at radius 3 is 2.57 bits per heavy atom. The first-order chi connectivity index (χ1) is 17.3. The number of carbonyl (C=O) groups is 1. The molecule has 0 spiro atoms. The van der Waals surface area contributed by atoms with Crippen molar-refractivity contribution in [1.29, 1.82) is 0 Å². The van der Waals surface area contributed by atoms with E-state index in [0.717, 1.165) is 10.6 Å². The molecule has 1 saturated heterocycles. The van der Waals surface area contributed by atoms with Crippen molar-refractivity contribution >= 4 is 34.2 Å². The van der Waals surface area contributed by atoms with Crippen LogP contribution in [-0.4, -0.2) is 44.5 Å². The van der Waals surface area contributed by atoms with Gasteiger partial charge in [0.25, 0.3) is 5.92 Å². The molecule has 2 aromatic heterocycles. The molecule has 12 heteroatoms. The molecule has 1 aliphatic heterocycles. The van der Waals surface area contributed by atoms with Crippen LogP contribution in [0.4, 0.5) is 33.6 Å². The van der Waals surface area contributed by atoms with Gasteiger partial charge in [-0.2, -0.15) is 13.2 Å². The molecule has 7 nitrogen and oxygen atoms in total. The lowest BCUT2D eigenvalue weighted by Gasteiger charge is -2.22. The lowest BCUT2D eigenvalue weighted by Crippen LogP contribution is -2.27. The Hall–Kier alpha value is -3.96. The summed E-state index contributed by atoms with van der Waals surface area (Å²) >= 11 is 0. The van der Waals surface area contributed by atoms with E-state index in [0.29, 0.717) is 22.2 Å². The highest BCUT2D eigenvalue weighted by Crippen LogP contribution is 2.37. The molecule has 0 bridgehead atoms. The van der Waals surface area contributed by atoms with Crippen LogP contribution in [-0.2, 0) is 6.18 Å². The number of anilines is 2. The molecule has 1 unspecified atom stereocenters. The van der Waals surface area contributed by atoms with Gasteiger partial charge in [-0.1, -0.05) is 18.2 Å². The molecule has 2 N–H and O–H groups in total. The van der Waals surface area contributed by atoms with Gasteiger partial charge in [0.05, 0.1) is 23.7 Å². The monoisotopic (exact) mass is 519 g/mol. The number of aromatic nitrogens is 3. The van der Waals surface area contributed by atoms with Gasteiger partial charge in [0, 0.05) is 35.8 Å². The van der Waals surface area contributed by atoms with Gasteiger partial charge >= 0.3 is 12.1 Å². The van der Waals surface area contributed by atoms with Gasteiger partial charge in [-0.25, -0.2) is 23.5 Å². The van der Waals surface area contributed by atoms with Gasteiger partial charge in [-0.05, 0) is 37.6 Å². The Balaban J connectivity index is 1.72. The summed E-state index contributed by atoms with van der Waals surface area (Å²) in [5.74, 6) is -4.19. The number of aryl methyl sites for hydroxylation is 1. The van der Waals surface area contributed by atoms with Gasteiger partial charge in [-0.3, -0.25) is 4.40 Å². The third-order valence-electron chi connectivity index (χ3n) is 6.40.